The lowest BCUT2D eigenvalue weighted by atomic mass is 10.1. The predicted octanol–water partition coefficient (Wildman–Crippen LogP) is 5.97. The van der Waals surface area contributed by atoms with Crippen molar-refractivity contribution in [2.45, 2.75) is 90.4 Å². The zero-order valence-corrected chi connectivity index (χ0v) is 21.4. The van der Waals surface area contributed by atoms with E-state index in [2.05, 4.69) is 22.9 Å². The molecule has 0 aliphatic rings. The number of hydrogen-bond donors (Lipinski definition) is 3. The van der Waals surface area contributed by atoms with E-state index in [1.807, 2.05) is 6.07 Å². The van der Waals surface area contributed by atoms with Gasteiger partial charge in [-0.25, -0.2) is 0 Å². The van der Waals surface area contributed by atoms with Gasteiger partial charge >= 0.3 is 0 Å². The minimum absolute atomic E-state index is 0.0927. The normalized spacial score (nSPS) is 10.6. The fourth-order valence-corrected chi connectivity index (χ4v) is 3.82. The van der Waals surface area contributed by atoms with Gasteiger partial charge in [0.25, 0.3) is 5.91 Å². The minimum atomic E-state index is -0.190. The van der Waals surface area contributed by atoms with Gasteiger partial charge in [0.15, 0.2) is 5.11 Å². The van der Waals surface area contributed by atoms with Crippen LogP contribution in [-0.4, -0.2) is 37.2 Å². The topological polar surface area (TPSA) is 79.5 Å². The highest BCUT2D eigenvalue weighted by Crippen LogP contribution is 2.15. The largest absolute Gasteiger partial charge is 0.385 e. The first kappa shape index (κ1) is 29.0. The number of anilines is 1. The van der Waals surface area contributed by atoms with Gasteiger partial charge in [0.2, 0.25) is 5.91 Å². The molecule has 0 radical (unpaired) electrons. The van der Waals surface area contributed by atoms with Crippen molar-refractivity contribution >= 4 is 34.8 Å². The smallest absolute Gasteiger partial charge is 0.253 e. The number of methoxy groups -OCH3 is 1. The highest BCUT2D eigenvalue weighted by Gasteiger charge is 2.12. The Bertz CT molecular complexity index is 697. The molecule has 0 bridgehead atoms. The fourth-order valence-electron chi connectivity index (χ4n) is 3.60. The molecule has 33 heavy (non-hydrogen) atoms. The van der Waals surface area contributed by atoms with Gasteiger partial charge < -0.3 is 20.7 Å². The van der Waals surface area contributed by atoms with Gasteiger partial charge in [-0.2, -0.15) is 0 Å². The summed E-state index contributed by atoms with van der Waals surface area (Å²) >= 11 is 5.28. The molecule has 0 aliphatic heterocycles. The lowest BCUT2D eigenvalue weighted by Crippen LogP contribution is -2.35. The Kier molecular flexibility index (Phi) is 17.1. The SMILES string of the molecule is CCCCCCCCCCCCCC(=O)NC(=S)Nc1ccccc1C(=O)NCCCOC. The van der Waals surface area contributed by atoms with Crippen LogP contribution < -0.4 is 16.0 Å². The van der Waals surface area contributed by atoms with E-state index in [9.17, 15) is 9.59 Å². The van der Waals surface area contributed by atoms with Crippen LogP contribution in [0.4, 0.5) is 5.69 Å². The maximum Gasteiger partial charge on any atom is 0.253 e. The maximum absolute atomic E-state index is 12.4. The van der Waals surface area contributed by atoms with Gasteiger partial charge in [-0.05, 0) is 37.2 Å². The van der Waals surface area contributed by atoms with Gasteiger partial charge in [0.1, 0.15) is 0 Å². The lowest BCUT2D eigenvalue weighted by Gasteiger charge is -2.13. The van der Waals surface area contributed by atoms with Crippen LogP contribution in [0, 0.1) is 0 Å². The number of carbonyl (C=O) groups excluding carboxylic acids is 2. The molecule has 1 rings (SSSR count). The average molecular weight is 478 g/mol. The Morgan fingerprint density at radius 3 is 2.12 bits per heavy atom. The summed E-state index contributed by atoms with van der Waals surface area (Å²) in [5, 5.41) is 8.78. The van der Waals surface area contributed by atoms with Crippen molar-refractivity contribution in [3.63, 3.8) is 0 Å². The maximum atomic E-state index is 12.4. The second-order valence-corrected chi connectivity index (χ2v) is 8.84. The number of ether oxygens (including phenoxy) is 1. The molecule has 0 fully saturated rings. The Morgan fingerprint density at radius 1 is 0.879 bits per heavy atom. The Labute approximate surface area is 205 Å². The number of para-hydroxylation sites is 1. The highest BCUT2D eigenvalue weighted by atomic mass is 32.1. The van der Waals surface area contributed by atoms with Crippen molar-refractivity contribution in [3.05, 3.63) is 29.8 Å². The van der Waals surface area contributed by atoms with Crippen molar-refractivity contribution in [3.8, 4) is 0 Å². The molecule has 0 heterocycles. The zero-order valence-electron chi connectivity index (χ0n) is 20.5. The van der Waals surface area contributed by atoms with Gasteiger partial charge in [0, 0.05) is 26.7 Å². The Morgan fingerprint density at radius 2 is 1.48 bits per heavy atom. The van der Waals surface area contributed by atoms with E-state index in [0.29, 0.717) is 30.8 Å². The molecule has 7 heteroatoms. The van der Waals surface area contributed by atoms with Crippen molar-refractivity contribution in [1.29, 1.82) is 0 Å². The van der Waals surface area contributed by atoms with E-state index in [1.165, 1.54) is 57.8 Å². The summed E-state index contributed by atoms with van der Waals surface area (Å²) in [7, 11) is 1.63. The molecule has 0 unspecified atom stereocenters. The van der Waals surface area contributed by atoms with E-state index in [4.69, 9.17) is 17.0 Å². The summed E-state index contributed by atoms with van der Waals surface area (Å²) in [5.41, 5.74) is 1.05. The van der Waals surface area contributed by atoms with Crippen molar-refractivity contribution in [2.24, 2.45) is 0 Å². The van der Waals surface area contributed by atoms with Crippen LogP contribution in [0.1, 0.15) is 101 Å². The highest BCUT2D eigenvalue weighted by molar-refractivity contribution is 7.80. The van der Waals surface area contributed by atoms with E-state index in [-0.39, 0.29) is 16.9 Å². The molecule has 0 atom stereocenters. The number of benzene rings is 1. The van der Waals surface area contributed by atoms with Crippen molar-refractivity contribution < 1.29 is 14.3 Å². The van der Waals surface area contributed by atoms with Gasteiger partial charge in [0.05, 0.1) is 11.3 Å². The first-order valence-electron chi connectivity index (χ1n) is 12.6. The van der Waals surface area contributed by atoms with Gasteiger partial charge in [-0.1, -0.05) is 83.3 Å². The first-order chi connectivity index (χ1) is 16.1. The van der Waals surface area contributed by atoms with Crippen LogP contribution in [0.2, 0.25) is 0 Å². The van der Waals surface area contributed by atoms with E-state index >= 15 is 0 Å². The molecule has 0 spiro atoms. The summed E-state index contributed by atoms with van der Waals surface area (Å²) in [6, 6.07) is 7.11. The molecule has 2 amide bonds. The predicted molar refractivity (Wildman–Crippen MR) is 141 cm³/mol. The van der Waals surface area contributed by atoms with Crippen molar-refractivity contribution in [2.75, 3.05) is 25.6 Å². The molecular weight excluding hydrogens is 434 g/mol. The quantitative estimate of drug-likeness (QED) is 0.179. The second-order valence-electron chi connectivity index (χ2n) is 8.44. The van der Waals surface area contributed by atoms with Crippen LogP contribution >= 0.6 is 12.2 Å². The van der Waals surface area contributed by atoms with Crippen LogP contribution in [0.15, 0.2) is 24.3 Å². The fraction of sp³-hybridized carbons (Fsp3) is 0.654. The summed E-state index contributed by atoms with van der Waals surface area (Å²) in [4.78, 5) is 24.6. The number of carbonyl (C=O) groups is 2. The van der Waals surface area contributed by atoms with Gasteiger partial charge in [-0.15, -0.1) is 0 Å². The summed E-state index contributed by atoms with van der Waals surface area (Å²) in [5.74, 6) is -0.283. The van der Waals surface area contributed by atoms with Crippen LogP contribution in [0.25, 0.3) is 0 Å². The molecule has 3 N–H and O–H groups in total. The molecule has 0 saturated carbocycles. The third-order valence-electron chi connectivity index (χ3n) is 5.49. The van der Waals surface area contributed by atoms with Crippen LogP contribution in [0.5, 0.6) is 0 Å². The second kappa shape index (κ2) is 19.5. The molecular formula is C26H43N3O3S. The molecule has 0 aromatic heterocycles. The summed E-state index contributed by atoms with van der Waals surface area (Å²) in [6.07, 6.45) is 14.9. The number of thiocarbonyl (C=S) groups is 1. The molecule has 6 nitrogen and oxygen atoms in total. The number of rotatable bonds is 18. The zero-order chi connectivity index (χ0) is 24.2. The van der Waals surface area contributed by atoms with E-state index in [1.54, 1.807) is 25.3 Å². The van der Waals surface area contributed by atoms with E-state index in [0.717, 1.165) is 19.3 Å². The third-order valence-corrected chi connectivity index (χ3v) is 5.70. The molecule has 1 aromatic rings. The summed E-state index contributed by atoms with van der Waals surface area (Å²) < 4.78 is 4.99. The monoisotopic (exact) mass is 477 g/mol. The number of unbranched alkanes of at least 4 members (excludes halogenated alkanes) is 10. The summed E-state index contributed by atoms with van der Waals surface area (Å²) in [6.45, 7) is 3.37. The Balaban J connectivity index is 2.21. The number of hydrogen-bond acceptors (Lipinski definition) is 4. The van der Waals surface area contributed by atoms with Crippen LogP contribution in [0.3, 0.4) is 0 Å². The molecule has 0 saturated heterocycles. The third kappa shape index (κ3) is 14.7. The minimum Gasteiger partial charge on any atom is -0.385 e. The number of amides is 2. The Hall–Kier alpha value is -1.99. The molecule has 1 aromatic carbocycles. The standard InChI is InChI=1S/C26H43N3O3S/c1-3-4-5-6-7-8-9-10-11-12-13-19-24(30)29-26(33)28-23-18-15-14-17-22(23)25(31)27-20-16-21-32-2/h14-15,17-18H,3-13,16,19-21H2,1-2H3,(H,27,31)(H2,28,29,30,33). The van der Waals surface area contributed by atoms with Crippen molar-refractivity contribution in [1.82, 2.24) is 10.6 Å². The van der Waals surface area contributed by atoms with Crippen LogP contribution in [-0.2, 0) is 9.53 Å². The average Bonchev–Trinajstić information content (AvgIpc) is 2.80. The number of nitrogens with one attached hydrogen (secondary N) is 3. The lowest BCUT2D eigenvalue weighted by molar-refractivity contribution is -0.119. The molecule has 0 aliphatic carbocycles. The first-order valence-corrected chi connectivity index (χ1v) is 13.0. The van der Waals surface area contributed by atoms with Gasteiger partial charge in [-0.3, -0.25) is 9.59 Å². The van der Waals surface area contributed by atoms with E-state index < -0.39 is 0 Å². The molecule has 186 valence electrons.